The van der Waals surface area contributed by atoms with Crippen LogP contribution >= 0.6 is 0 Å². The van der Waals surface area contributed by atoms with E-state index in [1.54, 1.807) is 0 Å². The highest BCUT2D eigenvalue weighted by Gasteiger charge is 2.27. The van der Waals surface area contributed by atoms with E-state index >= 15 is 0 Å². The highest BCUT2D eigenvalue weighted by molar-refractivity contribution is 5.78. The van der Waals surface area contributed by atoms with E-state index in [0.717, 1.165) is 30.7 Å². The number of hydrogen-bond acceptors (Lipinski definition) is 3. The third kappa shape index (κ3) is 2.33. The Morgan fingerprint density at radius 1 is 1.32 bits per heavy atom. The molecule has 3 rings (SSSR count). The molecule has 0 bridgehead atoms. The zero-order valence-corrected chi connectivity index (χ0v) is 10.8. The van der Waals surface area contributed by atoms with Crippen molar-refractivity contribution in [3.8, 4) is 0 Å². The Morgan fingerprint density at radius 2 is 2.16 bits per heavy atom. The van der Waals surface area contributed by atoms with Crippen LogP contribution in [0, 0.1) is 5.92 Å². The maximum absolute atomic E-state index is 11.8. The van der Waals surface area contributed by atoms with Crippen LogP contribution in [0.2, 0.25) is 0 Å². The standard InChI is InChI=1S/C14H18N4O/c15-8-11-7-14(19)17(9-11)5-6-18-10-16-12-3-1-2-4-13(12)18/h1-4,10-11H,5-9,15H2. The second-order valence-electron chi connectivity index (χ2n) is 5.07. The van der Waals surface area contributed by atoms with Crippen LogP contribution in [0.15, 0.2) is 30.6 Å². The van der Waals surface area contributed by atoms with Crippen LogP contribution in [-0.4, -0.2) is 40.0 Å². The quantitative estimate of drug-likeness (QED) is 0.884. The Morgan fingerprint density at radius 3 is 2.95 bits per heavy atom. The molecule has 1 unspecified atom stereocenters. The number of hydrogen-bond donors (Lipinski definition) is 1. The number of imidazole rings is 1. The van der Waals surface area contributed by atoms with Crippen LogP contribution in [0.5, 0.6) is 0 Å². The molecule has 1 fully saturated rings. The van der Waals surface area contributed by atoms with Crippen LogP contribution in [0.25, 0.3) is 11.0 Å². The van der Waals surface area contributed by atoms with Gasteiger partial charge in [-0.2, -0.15) is 0 Å². The second-order valence-corrected chi connectivity index (χ2v) is 5.07. The van der Waals surface area contributed by atoms with E-state index in [1.807, 2.05) is 29.4 Å². The number of likely N-dealkylation sites (tertiary alicyclic amines) is 1. The molecule has 1 saturated heterocycles. The van der Waals surface area contributed by atoms with Crippen molar-refractivity contribution in [1.29, 1.82) is 0 Å². The van der Waals surface area contributed by atoms with Gasteiger partial charge in [-0.3, -0.25) is 4.79 Å². The molecule has 0 spiro atoms. The van der Waals surface area contributed by atoms with Gasteiger partial charge in [0.05, 0.1) is 17.4 Å². The SMILES string of the molecule is NCC1CC(=O)N(CCn2cnc3ccccc32)C1. The minimum Gasteiger partial charge on any atom is -0.341 e. The number of carbonyl (C=O) groups is 1. The average Bonchev–Trinajstić information content (AvgIpc) is 3.00. The third-order valence-corrected chi connectivity index (χ3v) is 3.77. The molecule has 0 radical (unpaired) electrons. The average molecular weight is 258 g/mol. The summed E-state index contributed by atoms with van der Waals surface area (Å²) in [7, 11) is 0. The van der Waals surface area contributed by atoms with Crippen molar-refractivity contribution < 1.29 is 4.79 Å². The minimum absolute atomic E-state index is 0.222. The summed E-state index contributed by atoms with van der Waals surface area (Å²) < 4.78 is 2.10. The zero-order chi connectivity index (χ0) is 13.2. The summed E-state index contributed by atoms with van der Waals surface area (Å²) in [6.45, 7) is 2.90. The molecule has 0 saturated carbocycles. The first-order valence-corrected chi connectivity index (χ1v) is 6.65. The van der Waals surface area contributed by atoms with Crippen molar-refractivity contribution in [2.75, 3.05) is 19.6 Å². The molecule has 2 aromatic rings. The molecule has 1 aromatic carbocycles. The first kappa shape index (κ1) is 12.2. The number of aromatic nitrogens is 2. The van der Waals surface area contributed by atoms with Crippen molar-refractivity contribution in [3.05, 3.63) is 30.6 Å². The largest absolute Gasteiger partial charge is 0.341 e. The van der Waals surface area contributed by atoms with E-state index in [-0.39, 0.29) is 5.91 Å². The third-order valence-electron chi connectivity index (χ3n) is 3.77. The van der Waals surface area contributed by atoms with Gasteiger partial charge >= 0.3 is 0 Å². The molecular weight excluding hydrogens is 240 g/mol. The molecule has 1 aliphatic rings. The lowest BCUT2D eigenvalue weighted by Gasteiger charge is -2.16. The Hall–Kier alpha value is -1.88. The Balaban J connectivity index is 1.68. The molecule has 1 atom stereocenters. The fourth-order valence-electron chi connectivity index (χ4n) is 2.64. The van der Waals surface area contributed by atoms with Gasteiger partial charge in [0.1, 0.15) is 0 Å². The van der Waals surface area contributed by atoms with Gasteiger partial charge in [0, 0.05) is 26.1 Å². The van der Waals surface area contributed by atoms with Gasteiger partial charge in [-0.25, -0.2) is 4.98 Å². The molecule has 5 nitrogen and oxygen atoms in total. The summed E-state index contributed by atoms with van der Waals surface area (Å²) in [5.74, 6) is 0.548. The number of para-hydroxylation sites is 2. The summed E-state index contributed by atoms with van der Waals surface area (Å²) in [4.78, 5) is 18.1. The smallest absolute Gasteiger partial charge is 0.223 e. The summed E-state index contributed by atoms with van der Waals surface area (Å²) in [6, 6.07) is 8.04. The van der Waals surface area contributed by atoms with Gasteiger partial charge < -0.3 is 15.2 Å². The normalized spacial score (nSPS) is 19.5. The maximum Gasteiger partial charge on any atom is 0.223 e. The van der Waals surface area contributed by atoms with Crippen molar-refractivity contribution in [3.63, 3.8) is 0 Å². The molecule has 1 aromatic heterocycles. The predicted octanol–water partition coefficient (Wildman–Crippen LogP) is 0.843. The first-order chi connectivity index (χ1) is 9.28. The molecule has 19 heavy (non-hydrogen) atoms. The molecule has 1 aliphatic heterocycles. The summed E-state index contributed by atoms with van der Waals surface area (Å²) in [5.41, 5.74) is 7.74. The number of benzene rings is 1. The topological polar surface area (TPSA) is 64.2 Å². The molecule has 2 heterocycles. The summed E-state index contributed by atoms with van der Waals surface area (Å²) in [6.07, 6.45) is 2.44. The van der Waals surface area contributed by atoms with Crippen LogP contribution in [0.4, 0.5) is 0 Å². The Kier molecular flexibility index (Phi) is 3.21. The molecule has 1 amide bonds. The van der Waals surface area contributed by atoms with Gasteiger partial charge in [-0.05, 0) is 24.6 Å². The second kappa shape index (κ2) is 5.01. The predicted molar refractivity (Wildman–Crippen MR) is 73.5 cm³/mol. The van der Waals surface area contributed by atoms with E-state index in [1.165, 1.54) is 0 Å². The minimum atomic E-state index is 0.222. The molecular formula is C14H18N4O. The summed E-state index contributed by atoms with van der Waals surface area (Å²) >= 11 is 0. The zero-order valence-electron chi connectivity index (χ0n) is 10.8. The van der Waals surface area contributed by atoms with Crippen LogP contribution in [0.1, 0.15) is 6.42 Å². The van der Waals surface area contributed by atoms with Gasteiger partial charge in [-0.15, -0.1) is 0 Å². The number of amides is 1. The highest BCUT2D eigenvalue weighted by Crippen LogP contribution is 2.17. The fraction of sp³-hybridized carbons (Fsp3) is 0.429. The van der Waals surface area contributed by atoms with Crippen LogP contribution in [0.3, 0.4) is 0 Å². The molecule has 5 heteroatoms. The van der Waals surface area contributed by atoms with E-state index in [2.05, 4.69) is 15.6 Å². The number of rotatable bonds is 4. The Bertz CT molecular complexity index is 592. The van der Waals surface area contributed by atoms with Crippen LogP contribution < -0.4 is 5.73 Å². The maximum atomic E-state index is 11.8. The monoisotopic (exact) mass is 258 g/mol. The van der Waals surface area contributed by atoms with Gasteiger partial charge in [0.25, 0.3) is 0 Å². The highest BCUT2D eigenvalue weighted by atomic mass is 16.2. The molecule has 2 N–H and O–H groups in total. The van der Waals surface area contributed by atoms with Crippen molar-refractivity contribution >= 4 is 16.9 Å². The van der Waals surface area contributed by atoms with E-state index in [0.29, 0.717) is 18.9 Å². The number of fused-ring (bicyclic) bond motifs is 1. The lowest BCUT2D eigenvalue weighted by molar-refractivity contribution is -0.127. The number of carbonyl (C=O) groups excluding carboxylic acids is 1. The molecule has 0 aliphatic carbocycles. The van der Waals surface area contributed by atoms with Crippen LogP contribution in [-0.2, 0) is 11.3 Å². The van der Waals surface area contributed by atoms with Gasteiger partial charge in [0.2, 0.25) is 5.91 Å². The van der Waals surface area contributed by atoms with Crippen molar-refractivity contribution in [1.82, 2.24) is 14.5 Å². The lowest BCUT2D eigenvalue weighted by atomic mass is 10.1. The van der Waals surface area contributed by atoms with E-state index in [9.17, 15) is 4.79 Å². The summed E-state index contributed by atoms with van der Waals surface area (Å²) in [5, 5.41) is 0. The van der Waals surface area contributed by atoms with Crippen molar-refractivity contribution in [2.24, 2.45) is 11.7 Å². The van der Waals surface area contributed by atoms with Gasteiger partial charge in [-0.1, -0.05) is 12.1 Å². The van der Waals surface area contributed by atoms with E-state index in [4.69, 9.17) is 5.73 Å². The number of nitrogens with zero attached hydrogens (tertiary/aromatic N) is 3. The number of nitrogens with two attached hydrogens (primary N) is 1. The fourth-order valence-corrected chi connectivity index (χ4v) is 2.64. The van der Waals surface area contributed by atoms with Crippen molar-refractivity contribution in [2.45, 2.75) is 13.0 Å². The van der Waals surface area contributed by atoms with Gasteiger partial charge in [0.15, 0.2) is 0 Å². The Labute approximate surface area is 112 Å². The molecule has 100 valence electrons. The lowest BCUT2D eigenvalue weighted by Crippen LogP contribution is -2.29. The first-order valence-electron chi connectivity index (χ1n) is 6.65. The van der Waals surface area contributed by atoms with E-state index < -0.39 is 0 Å².